The van der Waals surface area contributed by atoms with Crippen molar-refractivity contribution in [1.29, 1.82) is 0 Å². The van der Waals surface area contributed by atoms with E-state index in [1.807, 2.05) is 6.92 Å². The summed E-state index contributed by atoms with van der Waals surface area (Å²) in [6.45, 7) is 3.88. The van der Waals surface area contributed by atoms with Gasteiger partial charge in [-0.3, -0.25) is 14.4 Å². The summed E-state index contributed by atoms with van der Waals surface area (Å²) in [5, 5.41) is 5.11. The molecule has 0 saturated carbocycles. The lowest BCUT2D eigenvalue weighted by molar-refractivity contribution is -0.120. The van der Waals surface area contributed by atoms with Crippen molar-refractivity contribution in [3.63, 3.8) is 0 Å². The first-order chi connectivity index (χ1) is 8.54. The summed E-state index contributed by atoms with van der Waals surface area (Å²) < 4.78 is 0. The van der Waals surface area contributed by atoms with E-state index in [2.05, 4.69) is 15.6 Å². The van der Waals surface area contributed by atoms with E-state index in [4.69, 9.17) is 0 Å². The highest BCUT2D eigenvalue weighted by Crippen LogP contribution is 2.03. The molecule has 0 unspecified atom stereocenters. The van der Waals surface area contributed by atoms with Gasteiger partial charge in [-0.25, -0.2) is 0 Å². The smallest absolute Gasteiger partial charge is 0.268 e. The SMILES string of the molecule is CCCNC(=O)CNC(=O)c1cc(C(C)=O)c[nH]1. The first kappa shape index (κ1) is 14.0. The Morgan fingerprint density at radius 3 is 2.56 bits per heavy atom. The second-order valence-corrected chi connectivity index (χ2v) is 3.89. The predicted octanol–water partition coefficient (Wildman–Crippen LogP) is 0.473. The molecule has 0 atom stereocenters. The number of carbonyl (C=O) groups excluding carboxylic acids is 3. The highest BCUT2D eigenvalue weighted by molar-refractivity contribution is 5.99. The van der Waals surface area contributed by atoms with Crippen LogP contribution in [0.1, 0.15) is 41.1 Å². The Hall–Kier alpha value is -2.11. The highest BCUT2D eigenvalue weighted by atomic mass is 16.2. The monoisotopic (exact) mass is 251 g/mol. The Morgan fingerprint density at radius 1 is 1.28 bits per heavy atom. The van der Waals surface area contributed by atoms with E-state index in [1.165, 1.54) is 19.2 Å². The highest BCUT2D eigenvalue weighted by Gasteiger charge is 2.11. The summed E-state index contributed by atoms with van der Waals surface area (Å²) in [5.74, 6) is -0.760. The van der Waals surface area contributed by atoms with Crippen LogP contribution in [0, 0.1) is 0 Å². The molecule has 98 valence electrons. The van der Waals surface area contributed by atoms with Gasteiger partial charge in [-0.15, -0.1) is 0 Å². The average Bonchev–Trinajstić information content (AvgIpc) is 2.83. The van der Waals surface area contributed by atoms with Gasteiger partial charge in [0.2, 0.25) is 5.91 Å². The van der Waals surface area contributed by atoms with Gasteiger partial charge in [-0.05, 0) is 19.4 Å². The van der Waals surface area contributed by atoms with E-state index in [-0.39, 0.29) is 23.9 Å². The molecule has 1 heterocycles. The molecule has 0 saturated heterocycles. The van der Waals surface area contributed by atoms with E-state index in [9.17, 15) is 14.4 Å². The standard InChI is InChI=1S/C12H17N3O3/c1-3-4-13-11(17)7-15-12(18)10-5-9(6-14-10)8(2)16/h5-6,14H,3-4,7H2,1-2H3,(H,13,17)(H,15,18). The molecule has 0 radical (unpaired) electrons. The van der Waals surface area contributed by atoms with Crippen LogP contribution in [0.15, 0.2) is 12.3 Å². The quantitative estimate of drug-likeness (QED) is 0.642. The Morgan fingerprint density at radius 2 is 2.00 bits per heavy atom. The number of nitrogens with one attached hydrogen (secondary N) is 3. The number of amides is 2. The summed E-state index contributed by atoms with van der Waals surface area (Å²) in [7, 11) is 0. The Labute approximate surface area is 105 Å². The number of Topliss-reactive ketones (excluding diaryl/α,β-unsaturated/α-hetero) is 1. The van der Waals surface area contributed by atoms with E-state index >= 15 is 0 Å². The molecular formula is C12H17N3O3. The number of rotatable bonds is 6. The van der Waals surface area contributed by atoms with Crippen LogP contribution in [-0.2, 0) is 4.79 Å². The summed E-state index contributed by atoms with van der Waals surface area (Å²) >= 11 is 0. The van der Waals surface area contributed by atoms with Crippen molar-refractivity contribution in [2.24, 2.45) is 0 Å². The Kier molecular flexibility index (Phi) is 5.10. The molecule has 6 nitrogen and oxygen atoms in total. The summed E-state index contributed by atoms with van der Waals surface area (Å²) in [4.78, 5) is 36.6. The molecule has 1 rings (SSSR count). The fourth-order valence-corrected chi connectivity index (χ4v) is 1.31. The minimum absolute atomic E-state index is 0.0761. The summed E-state index contributed by atoms with van der Waals surface area (Å²) in [6, 6.07) is 1.46. The molecule has 3 N–H and O–H groups in total. The first-order valence-electron chi connectivity index (χ1n) is 5.78. The van der Waals surface area contributed by atoms with Crippen molar-refractivity contribution in [2.75, 3.05) is 13.1 Å². The molecule has 0 aliphatic rings. The predicted molar refractivity (Wildman–Crippen MR) is 66.4 cm³/mol. The number of H-pyrrole nitrogens is 1. The van der Waals surface area contributed by atoms with Crippen LogP contribution in [0.4, 0.5) is 0 Å². The van der Waals surface area contributed by atoms with Crippen molar-refractivity contribution >= 4 is 17.6 Å². The normalized spacial score (nSPS) is 9.89. The lowest BCUT2D eigenvalue weighted by Gasteiger charge is -2.04. The fraction of sp³-hybridized carbons (Fsp3) is 0.417. The van der Waals surface area contributed by atoms with Gasteiger partial charge in [-0.2, -0.15) is 0 Å². The first-order valence-corrected chi connectivity index (χ1v) is 5.78. The maximum absolute atomic E-state index is 11.6. The third-order valence-electron chi connectivity index (χ3n) is 2.32. The van der Waals surface area contributed by atoms with Crippen LogP contribution in [0.3, 0.4) is 0 Å². The van der Waals surface area contributed by atoms with Crippen LogP contribution in [-0.4, -0.2) is 35.7 Å². The van der Waals surface area contributed by atoms with Crippen LogP contribution in [0.5, 0.6) is 0 Å². The second kappa shape index (κ2) is 6.58. The van der Waals surface area contributed by atoms with E-state index in [1.54, 1.807) is 0 Å². The lowest BCUT2D eigenvalue weighted by atomic mass is 10.2. The molecule has 0 spiro atoms. The number of aromatic amines is 1. The van der Waals surface area contributed by atoms with Crippen LogP contribution < -0.4 is 10.6 Å². The minimum Gasteiger partial charge on any atom is -0.356 e. The molecule has 0 aliphatic carbocycles. The van der Waals surface area contributed by atoms with E-state index < -0.39 is 5.91 Å². The topological polar surface area (TPSA) is 91.1 Å². The van der Waals surface area contributed by atoms with Crippen LogP contribution in [0.2, 0.25) is 0 Å². The maximum Gasteiger partial charge on any atom is 0.268 e. The van der Waals surface area contributed by atoms with E-state index in [0.29, 0.717) is 12.1 Å². The minimum atomic E-state index is -0.408. The summed E-state index contributed by atoms with van der Waals surface area (Å²) in [6.07, 6.45) is 2.31. The molecule has 2 amide bonds. The van der Waals surface area contributed by atoms with Crippen molar-refractivity contribution < 1.29 is 14.4 Å². The zero-order valence-corrected chi connectivity index (χ0v) is 10.5. The number of hydrogen-bond acceptors (Lipinski definition) is 3. The van der Waals surface area contributed by atoms with Gasteiger partial charge in [0.05, 0.1) is 6.54 Å². The molecule has 0 aliphatic heterocycles. The van der Waals surface area contributed by atoms with Crippen LogP contribution in [0.25, 0.3) is 0 Å². The average molecular weight is 251 g/mol. The number of carbonyl (C=O) groups is 3. The molecule has 18 heavy (non-hydrogen) atoms. The molecule has 0 aromatic carbocycles. The third kappa shape index (κ3) is 4.04. The van der Waals surface area contributed by atoms with Gasteiger partial charge >= 0.3 is 0 Å². The zero-order chi connectivity index (χ0) is 13.5. The number of ketones is 1. The second-order valence-electron chi connectivity index (χ2n) is 3.89. The van der Waals surface area contributed by atoms with Crippen LogP contribution >= 0.6 is 0 Å². The van der Waals surface area contributed by atoms with Crippen molar-refractivity contribution in [2.45, 2.75) is 20.3 Å². The molecule has 1 aromatic heterocycles. The largest absolute Gasteiger partial charge is 0.356 e. The lowest BCUT2D eigenvalue weighted by Crippen LogP contribution is -2.37. The molecule has 0 bridgehead atoms. The van der Waals surface area contributed by atoms with Crippen molar-refractivity contribution in [3.8, 4) is 0 Å². The Bertz CT molecular complexity index is 451. The van der Waals surface area contributed by atoms with Gasteiger partial charge in [0.1, 0.15) is 5.69 Å². The summed E-state index contributed by atoms with van der Waals surface area (Å²) in [5.41, 5.74) is 0.707. The van der Waals surface area contributed by atoms with Crippen molar-refractivity contribution in [1.82, 2.24) is 15.6 Å². The molecular weight excluding hydrogens is 234 g/mol. The van der Waals surface area contributed by atoms with Gasteiger partial charge in [0, 0.05) is 18.3 Å². The van der Waals surface area contributed by atoms with Gasteiger partial charge < -0.3 is 15.6 Å². The molecule has 0 fully saturated rings. The molecule has 1 aromatic rings. The third-order valence-corrected chi connectivity index (χ3v) is 2.32. The van der Waals surface area contributed by atoms with Gasteiger partial charge in [0.25, 0.3) is 5.91 Å². The molecule has 6 heteroatoms. The van der Waals surface area contributed by atoms with Crippen molar-refractivity contribution in [3.05, 3.63) is 23.5 Å². The maximum atomic E-state index is 11.6. The Balaban J connectivity index is 2.45. The fourth-order valence-electron chi connectivity index (χ4n) is 1.31. The zero-order valence-electron chi connectivity index (χ0n) is 10.5. The number of hydrogen-bond donors (Lipinski definition) is 3. The number of aromatic nitrogens is 1. The van der Waals surface area contributed by atoms with Gasteiger partial charge in [0.15, 0.2) is 5.78 Å². The van der Waals surface area contributed by atoms with Gasteiger partial charge in [-0.1, -0.05) is 6.92 Å². The van der Waals surface area contributed by atoms with E-state index in [0.717, 1.165) is 6.42 Å².